The molecule has 0 saturated heterocycles. The van der Waals surface area contributed by atoms with Crippen LogP contribution in [-0.4, -0.2) is 9.85 Å². The number of hydrogen-bond donors (Lipinski definition) is 0. The first-order valence-electron chi connectivity index (χ1n) is 5.38. The Hall–Kier alpha value is -2.50. The lowest BCUT2D eigenvalue weighted by molar-refractivity contribution is -0.424. The second-order valence-electron chi connectivity index (χ2n) is 3.80. The van der Waals surface area contributed by atoms with Gasteiger partial charge in [0.15, 0.2) is 0 Å². The second kappa shape index (κ2) is 4.79. The van der Waals surface area contributed by atoms with Crippen LogP contribution in [0.3, 0.4) is 0 Å². The molecular formula is C12H10N2O4. The topological polar surface area (TPSA) is 86.3 Å². The van der Waals surface area contributed by atoms with E-state index in [0.29, 0.717) is 24.0 Å². The predicted molar refractivity (Wildman–Crippen MR) is 64.7 cm³/mol. The molecule has 2 aliphatic rings. The van der Waals surface area contributed by atoms with Gasteiger partial charge < -0.3 is 0 Å². The Morgan fingerprint density at radius 3 is 1.56 bits per heavy atom. The van der Waals surface area contributed by atoms with E-state index in [0.717, 1.165) is 0 Å². The van der Waals surface area contributed by atoms with Crippen LogP contribution in [0.1, 0.15) is 12.8 Å². The molecule has 0 aromatic carbocycles. The molecule has 0 atom stereocenters. The van der Waals surface area contributed by atoms with Gasteiger partial charge in [0.1, 0.15) is 0 Å². The fourth-order valence-corrected chi connectivity index (χ4v) is 1.92. The van der Waals surface area contributed by atoms with Crippen LogP contribution < -0.4 is 0 Å². The molecule has 6 heteroatoms. The first-order chi connectivity index (χ1) is 8.61. The number of nitrogens with zero attached hydrogens (tertiary/aromatic N) is 2. The fourth-order valence-electron chi connectivity index (χ4n) is 1.92. The second-order valence-corrected chi connectivity index (χ2v) is 3.80. The van der Waals surface area contributed by atoms with Gasteiger partial charge in [-0.25, -0.2) is 0 Å². The zero-order valence-corrected chi connectivity index (χ0v) is 9.41. The van der Waals surface area contributed by atoms with Gasteiger partial charge in [-0.05, 0) is 25.0 Å². The maximum atomic E-state index is 10.9. The highest BCUT2D eigenvalue weighted by atomic mass is 16.6. The molecular weight excluding hydrogens is 236 g/mol. The van der Waals surface area contributed by atoms with Crippen molar-refractivity contribution in [3.8, 4) is 0 Å². The van der Waals surface area contributed by atoms with Crippen molar-refractivity contribution in [3.63, 3.8) is 0 Å². The lowest BCUT2D eigenvalue weighted by atomic mass is 9.95. The molecule has 0 radical (unpaired) electrons. The molecule has 0 bridgehead atoms. The minimum absolute atomic E-state index is 0.0770. The van der Waals surface area contributed by atoms with Crippen LogP contribution in [0.5, 0.6) is 0 Å². The molecule has 0 spiro atoms. The zero-order chi connectivity index (χ0) is 13.1. The molecule has 0 unspecified atom stereocenters. The molecule has 0 N–H and O–H groups in total. The summed E-state index contributed by atoms with van der Waals surface area (Å²) in [5.41, 5.74) is 0.439. The van der Waals surface area contributed by atoms with E-state index in [4.69, 9.17) is 0 Å². The van der Waals surface area contributed by atoms with E-state index in [2.05, 4.69) is 0 Å². The largest absolute Gasteiger partial charge is 0.273 e. The highest BCUT2D eigenvalue weighted by molar-refractivity contribution is 5.54. The van der Waals surface area contributed by atoms with Crippen molar-refractivity contribution < 1.29 is 9.85 Å². The van der Waals surface area contributed by atoms with Crippen molar-refractivity contribution in [1.82, 2.24) is 0 Å². The summed E-state index contributed by atoms with van der Waals surface area (Å²) in [6.07, 6.45) is 10.5. The molecule has 0 heterocycles. The molecule has 6 nitrogen and oxygen atoms in total. The van der Waals surface area contributed by atoms with Crippen molar-refractivity contribution in [3.05, 3.63) is 79.2 Å². The van der Waals surface area contributed by atoms with Gasteiger partial charge in [0.05, 0.1) is 21.0 Å². The number of nitro groups is 2. The monoisotopic (exact) mass is 246 g/mol. The van der Waals surface area contributed by atoms with Crippen LogP contribution in [0, 0.1) is 20.2 Å². The summed E-state index contributed by atoms with van der Waals surface area (Å²) in [6.45, 7) is 0. The van der Waals surface area contributed by atoms with E-state index in [-0.39, 0.29) is 11.4 Å². The van der Waals surface area contributed by atoms with Crippen molar-refractivity contribution in [2.45, 2.75) is 12.8 Å². The molecule has 92 valence electrons. The SMILES string of the molecule is O=[N+]([O-])C1=CCC=CC1=C1C=CCC=C1[N+](=O)[O-]. The summed E-state index contributed by atoms with van der Waals surface area (Å²) >= 11 is 0. The van der Waals surface area contributed by atoms with Crippen LogP contribution in [0.2, 0.25) is 0 Å². The Labute approximate surface area is 103 Å². The van der Waals surface area contributed by atoms with E-state index in [1.165, 1.54) is 12.2 Å². The molecule has 0 aromatic heterocycles. The van der Waals surface area contributed by atoms with E-state index < -0.39 is 9.85 Å². The summed E-state index contributed by atoms with van der Waals surface area (Å²) in [5, 5.41) is 21.9. The van der Waals surface area contributed by atoms with Crippen molar-refractivity contribution in [1.29, 1.82) is 0 Å². The van der Waals surface area contributed by atoms with Crippen molar-refractivity contribution >= 4 is 0 Å². The fraction of sp³-hybridized carbons (Fsp3) is 0.167. The minimum Gasteiger partial charge on any atom is -0.258 e. The van der Waals surface area contributed by atoms with Crippen LogP contribution in [-0.2, 0) is 0 Å². The van der Waals surface area contributed by atoms with Crippen LogP contribution in [0.15, 0.2) is 59.0 Å². The Balaban J connectivity index is 2.57. The van der Waals surface area contributed by atoms with Crippen molar-refractivity contribution in [2.24, 2.45) is 0 Å². The highest BCUT2D eigenvalue weighted by Crippen LogP contribution is 2.29. The average Bonchev–Trinajstić information content (AvgIpc) is 2.38. The first kappa shape index (κ1) is 12.0. The molecule has 18 heavy (non-hydrogen) atoms. The van der Waals surface area contributed by atoms with E-state index in [1.54, 1.807) is 24.3 Å². The van der Waals surface area contributed by atoms with E-state index in [9.17, 15) is 20.2 Å². The summed E-state index contributed by atoms with van der Waals surface area (Å²) in [7, 11) is 0. The molecule has 2 rings (SSSR count). The van der Waals surface area contributed by atoms with Gasteiger partial charge in [0.2, 0.25) is 0 Å². The van der Waals surface area contributed by atoms with E-state index in [1.807, 2.05) is 0 Å². The summed E-state index contributed by atoms with van der Waals surface area (Å²) in [5.74, 6) is 0. The number of allylic oxidation sites excluding steroid dienone is 6. The van der Waals surface area contributed by atoms with Gasteiger partial charge in [-0.15, -0.1) is 0 Å². The lowest BCUT2D eigenvalue weighted by Gasteiger charge is -2.10. The maximum Gasteiger partial charge on any atom is 0.273 e. The van der Waals surface area contributed by atoms with Gasteiger partial charge in [-0.3, -0.25) is 20.2 Å². The molecule has 0 amide bonds. The normalized spacial score (nSPS) is 22.4. The summed E-state index contributed by atoms with van der Waals surface area (Å²) in [4.78, 5) is 20.9. The van der Waals surface area contributed by atoms with Gasteiger partial charge >= 0.3 is 0 Å². The zero-order valence-electron chi connectivity index (χ0n) is 9.41. The van der Waals surface area contributed by atoms with Gasteiger partial charge in [0.25, 0.3) is 11.4 Å². The predicted octanol–water partition coefficient (Wildman–Crippen LogP) is 2.52. The Morgan fingerprint density at radius 1 is 0.833 bits per heavy atom. The van der Waals surface area contributed by atoms with Crippen molar-refractivity contribution in [2.75, 3.05) is 0 Å². The van der Waals surface area contributed by atoms with Gasteiger partial charge in [0, 0.05) is 0 Å². The van der Waals surface area contributed by atoms with Gasteiger partial charge in [-0.1, -0.05) is 24.3 Å². The van der Waals surface area contributed by atoms with E-state index >= 15 is 0 Å². The highest BCUT2D eigenvalue weighted by Gasteiger charge is 2.27. The smallest absolute Gasteiger partial charge is 0.258 e. The molecule has 0 saturated carbocycles. The molecule has 2 aliphatic carbocycles. The summed E-state index contributed by atoms with van der Waals surface area (Å²) in [6, 6.07) is 0. The molecule has 0 aliphatic heterocycles. The number of rotatable bonds is 2. The van der Waals surface area contributed by atoms with Crippen LogP contribution in [0.25, 0.3) is 0 Å². The Morgan fingerprint density at radius 2 is 1.22 bits per heavy atom. The quantitative estimate of drug-likeness (QED) is 0.553. The van der Waals surface area contributed by atoms with Gasteiger partial charge in [-0.2, -0.15) is 0 Å². The third kappa shape index (κ3) is 2.13. The Bertz CT molecular complexity index is 515. The third-order valence-electron chi connectivity index (χ3n) is 2.70. The first-order valence-corrected chi connectivity index (χ1v) is 5.38. The third-order valence-corrected chi connectivity index (χ3v) is 2.70. The average molecular weight is 246 g/mol. The van der Waals surface area contributed by atoms with Crippen LogP contribution in [0.4, 0.5) is 0 Å². The van der Waals surface area contributed by atoms with Crippen LogP contribution >= 0.6 is 0 Å². The maximum absolute atomic E-state index is 10.9. The minimum atomic E-state index is -0.508. The number of hydrogen-bond acceptors (Lipinski definition) is 4. The standard InChI is InChI=1S/C12H10N2O4/c15-13(16)11-7-3-1-5-9(11)10-6-2-4-8-12(10)14(17)18/h1-2,5-8H,3-4H2. The lowest BCUT2D eigenvalue weighted by Crippen LogP contribution is -2.10. The molecule has 0 fully saturated rings. The summed E-state index contributed by atoms with van der Waals surface area (Å²) < 4.78 is 0. The Kier molecular flexibility index (Phi) is 3.18. The molecule has 0 aromatic rings.